The van der Waals surface area contributed by atoms with Crippen molar-refractivity contribution in [3.63, 3.8) is 0 Å². The van der Waals surface area contributed by atoms with E-state index < -0.39 is 0 Å². The van der Waals surface area contributed by atoms with Gasteiger partial charge in [0, 0.05) is 0 Å². The Kier molecular flexibility index (Phi) is 2.23. The van der Waals surface area contributed by atoms with Crippen molar-refractivity contribution < 1.29 is 5.11 Å². The standard InChI is InChI=1S/C13H12O/c1-10-2-4-12-5-3-11(6-7-14)9-13(12)8-10/h2-9,14H,1H3/b7-6-. The molecule has 0 bridgehead atoms. The van der Waals surface area contributed by atoms with Gasteiger partial charge in [0.1, 0.15) is 0 Å². The molecule has 0 aliphatic heterocycles. The average Bonchev–Trinajstić information content (AvgIpc) is 2.17. The summed E-state index contributed by atoms with van der Waals surface area (Å²) < 4.78 is 0. The van der Waals surface area contributed by atoms with E-state index in [0.29, 0.717) is 0 Å². The van der Waals surface area contributed by atoms with E-state index in [1.54, 1.807) is 6.08 Å². The summed E-state index contributed by atoms with van der Waals surface area (Å²) in [7, 11) is 0. The quantitative estimate of drug-likeness (QED) is 0.670. The van der Waals surface area contributed by atoms with E-state index in [4.69, 9.17) is 5.11 Å². The van der Waals surface area contributed by atoms with E-state index in [-0.39, 0.29) is 0 Å². The van der Waals surface area contributed by atoms with Crippen LogP contribution in [-0.4, -0.2) is 5.11 Å². The first-order valence-electron chi connectivity index (χ1n) is 4.61. The Labute approximate surface area is 83.3 Å². The first kappa shape index (κ1) is 8.82. The van der Waals surface area contributed by atoms with Crippen LogP contribution in [0.5, 0.6) is 0 Å². The van der Waals surface area contributed by atoms with E-state index in [1.807, 2.05) is 6.07 Å². The van der Waals surface area contributed by atoms with Crippen molar-refractivity contribution in [1.29, 1.82) is 0 Å². The second-order valence-electron chi connectivity index (χ2n) is 3.43. The van der Waals surface area contributed by atoms with Gasteiger partial charge >= 0.3 is 0 Å². The molecule has 70 valence electrons. The maximum absolute atomic E-state index is 8.67. The van der Waals surface area contributed by atoms with Gasteiger partial charge in [0.05, 0.1) is 6.26 Å². The topological polar surface area (TPSA) is 20.2 Å². The Morgan fingerprint density at radius 1 is 1.00 bits per heavy atom. The molecule has 0 aliphatic carbocycles. The lowest BCUT2D eigenvalue weighted by Crippen LogP contribution is -1.77. The molecule has 2 aromatic carbocycles. The fraction of sp³-hybridized carbons (Fsp3) is 0.0769. The van der Waals surface area contributed by atoms with Crippen LogP contribution in [0.4, 0.5) is 0 Å². The second kappa shape index (κ2) is 3.54. The lowest BCUT2D eigenvalue weighted by Gasteiger charge is -2.00. The smallest absolute Gasteiger partial charge is 0.0797 e. The third-order valence-electron chi connectivity index (χ3n) is 2.29. The molecule has 0 radical (unpaired) electrons. The van der Waals surface area contributed by atoms with Crippen LogP contribution < -0.4 is 0 Å². The van der Waals surface area contributed by atoms with E-state index >= 15 is 0 Å². The van der Waals surface area contributed by atoms with Crippen LogP contribution >= 0.6 is 0 Å². The van der Waals surface area contributed by atoms with E-state index in [1.165, 1.54) is 16.3 Å². The third-order valence-corrected chi connectivity index (χ3v) is 2.29. The van der Waals surface area contributed by atoms with Gasteiger partial charge in [-0.25, -0.2) is 0 Å². The van der Waals surface area contributed by atoms with Crippen molar-refractivity contribution >= 4 is 16.8 Å². The number of hydrogen-bond acceptors (Lipinski definition) is 1. The maximum atomic E-state index is 8.67. The summed E-state index contributed by atoms with van der Waals surface area (Å²) in [5, 5.41) is 11.1. The van der Waals surface area contributed by atoms with Crippen LogP contribution in [0.2, 0.25) is 0 Å². The Morgan fingerprint density at radius 2 is 1.79 bits per heavy atom. The van der Waals surface area contributed by atoms with Crippen LogP contribution in [0, 0.1) is 6.92 Å². The van der Waals surface area contributed by atoms with Crippen molar-refractivity contribution in [2.75, 3.05) is 0 Å². The molecule has 0 heterocycles. The predicted octanol–water partition coefficient (Wildman–Crippen LogP) is 3.68. The minimum absolute atomic E-state index is 1.02. The van der Waals surface area contributed by atoms with E-state index in [2.05, 4.69) is 37.3 Å². The van der Waals surface area contributed by atoms with Gasteiger partial charge in [-0.2, -0.15) is 0 Å². The van der Waals surface area contributed by atoms with Crippen LogP contribution in [-0.2, 0) is 0 Å². The van der Waals surface area contributed by atoms with E-state index in [9.17, 15) is 0 Å². The molecule has 14 heavy (non-hydrogen) atoms. The van der Waals surface area contributed by atoms with Gasteiger partial charge in [-0.1, -0.05) is 35.9 Å². The zero-order chi connectivity index (χ0) is 9.97. The Balaban J connectivity index is 2.63. The molecule has 0 aromatic heterocycles. The lowest BCUT2D eigenvalue weighted by molar-refractivity contribution is 0.478. The van der Waals surface area contributed by atoms with Crippen molar-refractivity contribution in [2.45, 2.75) is 6.92 Å². The number of benzene rings is 2. The Morgan fingerprint density at radius 3 is 2.57 bits per heavy atom. The highest BCUT2D eigenvalue weighted by molar-refractivity contribution is 5.85. The molecule has 1 nitrogen and oxygen atoms in total. The van der Waals surface area contributed by atoms with Gasteiger partial charge < -0.3 is 5.11 Å². The van der Waals surface area contributed by atoms with Crippen LogP contribution in [0.25, 0.3) is 16.8 Å². The van der Waals surface area contributed by atoms with Crippen LogP contribution in [0.3, 0.4) is 0 Å². The Bertz CT molecular complexity index is 484. The molecule has 1 heteroatoms. The first-order chi connectivity index (χ1) is 6.79. The van der Waals surface area contributed by atoms with Crippen molar-refractivity contribution in [3.05, 3.63) is 53.8 Å². The highest BCUT2D eigenvalue weighted by atomic mass is 16.2. The average molecular weight is 184 g/mol. The minimum Gasteiger partial charge on any atom is -0.516 e. The number of hydrogen-bond donors (Lipinski definition) is 1. The number of rotatable bonds is 1. The molecule has 0 saturated heterocycles. The van der Waals surface area contributed by atoms with Crippen LogP contribution in [0.1, 0.15) is 11.1 Å². The number of aryl methyl sites for hydroxylation is 1. The maximum Gasteiger partial charge on any atom is 0.0797 e. The molecule has 0 atom stereocenters. The molecule has 0 unspecified atom stereocenters. The van der Waals surface area contributed by atoms with Gasteiger partial charge in [-0.3, -0.25) is 0 Å². The van der Waals surface area contributed by atoms with Crippen molar-refractivity contribution in [1.82, 2.24) is 0 Å². The molecule has 0 spiro atoms. The zero-order valence-electron chi connectivity index (χ0n) is 8.07. The summed E-state index contributed by atoms with van der Waals surface area (Å²) >= 11 is 0. The normalized spacial score (nSPS) is 11.2. The summed E-state index contributed by atoms with van der Waals surface area (Å²) in [6, 6.07) is 12.5. The fourth-order valence-corrected chi connectivity index (χ4v) is 1.57. The van der Waals surface area contributed by atoms with Gasteiger partial charge in [-0.05, 0) is 35.4 Å². The van der Waals surface area contributed by atoms with Gasteiger partial charge in [-0.15, -0.1) is 0 Å². The molecule has 0 amide bonds. The molecule has 2 aromatic rings. The Hall–Kier alpha value is -1.76. The molecular formula is C13H12O. The molecule has 2 rings (SSSR count). The highest BCUT2D eigenvalue weighted by Gasteiger charge is 1.94. The fourth-order valence-electron chi connectivity index (χ4n) is 1.57. The third kappa shape index (κ3) is 1.62. The number of fused-ring (bicyclic) bond motifs is 1. The van der Waals surface area contributed by atoms with Crippen molar-refractivity contribution in [3.8, 4) is 0 Å². The second-order valence-corrected chi connectivity index (χ2v) is 3.43. The monoisotopic (exact) mass is 184 g/mol. The highest BCUT2D eigenvalue weighted by Crippen LogP contribution is 2.18. The predicted molar refractivity (Wildman–Crippen MR) is 60.3 cm³/mol. The molecule has 0 aliphatic rings. The van der Waals surface area contributed by atoms with Gasteiger partial charge in [0.15, 0.2) is 0 Å². The van der Waals surface area contributed by atoms with E-state index in [0.717, 1.165) is 11.8 Å². The molecule has 0 fully saturated rings. The van der Waals surface area contributed by atoms with Gasteiger partial charge in [0.2, 0.25) is 0 Å². The minimum atomic E-state index is 1.02. The van der Waals surface area contributed by atoms with Crippen LogP contribution in [0.15, 0.2) is 42.7 Å². The van der Waals surface area contributed by atoms with Crippen molar-refractivity contribution in [2.24, 2.45) is 0 Å². The number of aliphatic hydroxyl groups excluding tert-OH is 1. The summed E-state index contributed by atoms with van der Waals surface area (Å²) in [6.45, 7) is 2.08. The number of aliphatic hydroxyl groups is 1. The first-order valence-corrected chi connectivity index (χ1v) is 4.61. The van der Waals surface area contributed by atoms with Gasteiger partial charge in [0.25, 0.3) is 0 Å². The summed E-state index contributed by atoms with van der Waals surface area (Å²) in [6.07, 6.45) is 2.75. The SMILES string of the molecule is Cc1ccc2ccc(/C=C\O)cc2c1. The molecule has 1 N–H and O–H groups in total. The lowest BCUT2D eigenvalue weighted by atomic mass is 10.0. The summed E-state index contributed by atoms with van der Waals surface area (Å²) in [5.41, 5.74) is 2.27. The zero-order valence-corrected chi connectivity index (χ0v) is 8.07. The summed E-state index contributed by atoms with van der Waals surface area (Å²) in [5.74, 6) is 0. The summed E-state index contributed by atoms with van der Waals surface area (Å²) in [4.78, 5) is 0. The molecule has 0 saturated carbocycles. The molecular weight excluding hydrogens is 172 g/mol. The largest absolute Gasteiger partial charge is 0.516 e.